The number of halogens is 1. The first-order chi connectivity index (χ1) is 15.9. The summed E-state index contributed by atoms with van der Waals surface area (Å²) in [5, 5.41) is 0. The van der Waals surface area contributed by atoms with Gasteiger partial charge in [0.2, 0.25) is 0 Å². The van der Waals surface area contributed by atoms with Crippen molar-refractivity contribution < 1.29 is 18.7 Å². The van der Waals surface area contributed by atoms with E-state index >= 15 is 0 Å². The fourth-order valence-electron chi connectivity index (χ4n) is 5.50. The van der Waals surface area contributed by atoms with Gasteiger partial charge in [-0.3, -0.25) is 9.59 Å². The summed E-state index contributed by atoms with van der Waals surface area (Å²) < 4.78 is 21.0. The first kappa shape index (κ1) is 23.7. The third-order valence-electron chi connectivity index (χ3n) is 7.36. The van der Waals surface area contributed by atoms with Gasteiger partial charge in [-0.1, -0.05) is 56.5 Å². The van der Waals surface area contributed by atoms with Crippen LogP contribution < -0.4 is 4.74 Å². The number of carbonyl (C=O) groups excluding carboxylic acids is 2. The molecular formula is C29H35FO3. The Morgan fingerprint density at radius 1 is 1.03 bits per heavy atom. The van der Waals surface area contributed by atoms with Gasteiger partial charge in [-0.2, -0.15) is 0 Å². The zero-order chi connectivity index (χ0) is 23.4. The van der Waals surface area contributed by atoms with E-state index in [0.717, 1.165) is 36.8 Å². The molecule has 4 heteroatoms. The van der Waals surface area contributed by atoms with Crippen LogP contribution in [-0.2, 0) is 0 Å². The molecule has 0 amide bonds. The van der Waals surface area contributed by atoms with Crippen LogP contribution in [0.5, 0.6) is 5.75 Å². The molecule has 1 fully saturated rings. The molecule has 176 valence electrons. The molecule has 0 N–H and O–H groups in total. The number of benzene rings is 2. The SMILES string of the molecule is CCC(=O)c1cc(C(=O)CCCCC2(F)CCCCC2)cc2c1O[C@H](C)[C@H]2c1ccccc1. The van der Waals surface area contributed by atoms with Gasteiger partial charge in [0.1, 0.15) is 17.5 Å². The van der Waals surface area contributed by atoms with Gasteiger partial charge >= 0.3 is 0 Å². The van der Waals surface area contributed by atoms with E-state index in [2.05, 4.69) is 12.1 Å². The zero-order valence-corrected chi connectivity index (χ0v) is 19.9. The summed E-state index contributed by atoms with van der Waals surface area (Å²) >= 11 is 0. The standard InChI is InChI=1S/C29H35FO3/c1-3-25(31)23-18-22(26(32)14-8-11-17-29(30)15-9-5-10-16-29)19-24-27(20(2)33-28(23)24)21-12-6-4-7-13-21/h4,6-7,12-13,18-20,27H,3,5,8-11,14-17H2,1-2H3/t20-,27+/m1/s1. The molecule has 0 aromatic heterocycles. The number of rotatable bonds is 9. The second-order valence-electron chi connectivity index (χ2n) is 9.77. The van der Waals surface area contributed by atoms with Crippen LogP contribution in [-0.4, -0.2) is 23.3 Å². The predicted molar refractivity (Wildman–Crippen MR) is 129 cm³/mol. The van der Waals surface area contributed by atoms with E-state index < -0.39 is 5.67 Å². The minimum Gasteiger partial charge on any atom is -0.489 e. The van der Waals surface area contributed by atoms with Crippen molar-refractivity contribution in [2.75, 3.05) is 0 Å². The summed E-state index contributed by atoms with van der Waals surface area (Å²) in [5.74, 6) is 0.607. The lowest BCUT2D eigenvalue weighted by Gasteiger charge is -2.29. The van der Waals surface area contributed by atoms with Crippen molar-refractivity contribution >= 4 is 11.6 Å². The van der Waals surface area contributed by atoms with Crippen molar-refractivity contribution in [1.82, 2.24) is 0 Å². The van der Waals surface area contributed by atoms with Crippen LogP contribution in [0.2, 0.25) is 0 Å². The van der Waals surface area contributed by atoms with E-state index in [1.54, 1.807) is 6.07 Å². The topological polar surface area (TPSA) is 43.4 Å². The predicted octanol–water partition coefficient (Wildman–Crippen LogP) is 7.61. The molecule has 0 saturated heterocycles. The molecule has 33 heavy (non-hydrogen) atoms. The highest BCUT2D eigenvalue weighted by molar-refractivity contribution is 6.04. The third-order valence-corrected chi connectivity index (χ3v) is 7.36. The highest BCUT2D eigenvalue weighted by Gasteiger charge is 2.36. The van der Waals surface area contributed by atoms with Crippen molar-refractivity contribution in [3.63, 3.8) is 0 Å². The van der Waals surface area contributed by atoms with Crippen LogP contribution in [0.3, 0.4) is 0 Å². The number of hydrogen-bond acceptors (Lipinski definition) is 3. The van der Waals surface area contributed by atoms with Crippen molar-refractivity contribution in [3.05, 3.63) is 64.7 Å². The van der Waals surface area contributed by atoms with Crippen LogP contribution >= 0.6 is 0 Å². The Morgan fingerprint density at radius 2 is 1.76 bits per heavy atom. The molecule has 2 aromatic rings. The maximum Gasteiger partial charge on any atom is 0.166 e. The summed E-state index contributed by atoms with van der Waals surface area (Å²) in [4.78, 5) is 25.9. The van der Waals surface area contributed by atoms with E-state index in [0.29, 0.717) is 55.4 Å². The quantitative estimate of drug-likeness (QED) is 0.292. The fraction of sp³-hybridized carbons (Fsp3) is 0.517. The highest BCUT2D eigenvalue weighted by Crippen LogP contribution is 2.45. The Bertz CT molecular complexity index is 991. The summed E-state index contributed by atoms with van der Waals surface area (Å²) in [6.45, 7) is 3.84. The average molecular weight is 451 g/mol. The van der Waals surface area contributed by atoms with Crippen LogP contribution in [0.15, 0.2) is 42.5 Å². The molecular weight excluding hydrogens is 415 g/mol. The van der Waals surface area contributed by atoms with Crippen LogP contribution in [0.25, 0.3) is 0 Å². The van der Waals surface area contributed by atoms with Gasteiger partial charge in [0.25, 0.3) is 0 Å². The number of alkyl halides is 1. The van der Waals surface area contributed by atoms with E-state index in [9.17, 15) is 14.0 Å². The summed E-state index contributed by atoms with van der Waals surface area (Å²) in [6, 6.07) is 13.7. The molecule has 2 atom stereocenters. The summed E-state index contributed by atoms with van der Waals surface area (Å²) in [5.41, 5.74) is 2.07. The van der Waals surface area contributed by atoms with Crippen molar-refractivity contribution in [3.8, 4) is 5.75 Å². The van der Waals surface area contributed by atoms with Crippen molar-refractivity contribution in [2.45, 2.75) is 95.7 Å². The molecule has 3 nitrogen and oxygen atoms in total. The van der Waals surface area contributed by atoms with Gasteiger partial charge in [-0.05, 0) is 56.7 Å². The van der Waals surface area contributed by atoms with E-state index in [-0.39, 0.29) is 23.6 Å². The normalized spacial score (nSPS) is 21.3. The minimum atomic E-state index is -1.04. The van der Waals surface area contributed by atoms with Gasteiger partial charge in [0.15, 0.2) is 11.6 Å². The third kappa shape index (κ3) is 5.20. The number of unbranched alkanes of at least 4 members (excludes halogenated alkanes) is 1. The summed E-state index contributed by atoms with van der Waals surface area (Å²) in [7, 11) is 0. The second-order valence-corrected chi connectivity index (χ2v) is 9.77. The molecule has 1 heterocycles. The molecule has 1 aliphatic carbocycles. The molecule has 0 spiro atoms. The molecule has 1 saturated carbocycles. The lowest BCUT2D eigenvalue weighted by molar-refractivity contribution is 0.0893. The lowest BCUT2D eigenvalue weighted by Crippen LogP contribution is -2.25. The minimum absolute atomic E-state index is 0.0153. The number of ketones is 2. The molecule has 2 aliphatic rings. The first-order valence-electron chi connectivity index (χ1n) is 12.6. The van der Waals surface area contributed by atoms with Gasteiger partial charge in [0.05, 0.1) is 5.56 Å². The Hall–Kier alpha value is -2.49. The smallest absolute Gasteiger partial charge is 0.166 e. The highest BCUT2D eigenvalue weighted by atomic mass is 19.1. The van der Waals surface area contributed by atoms with Crippen molar-refractivity contribution in [1.29, 1.82) is 0 Å². The Balaban J connectivity index is 1.53. The molecule has 2 aromatic carbocycles. The van der Waals surface area contributed by atoms with Crippen LogP contribution in [0, 0.1) is 0 Å². The Morgan fingerprint density at radius 3 is 2.45 bits per heavy atom. The molecule has 0 unspecified atom stereocenters. The van der Waals surface area contributed by atoms with Crippen molar-refractivity contribution in [2.24, 2.45) is 0 Å². The average Bonchev–Trinajstić information content (AvgIpc) is 3.17. The molecule has 4 rings (SSSR count). The monoisotopic (exact) mass is 450 g/mol. The number of ether oxygens (including phenoxy) is 1. The molecule has 0 bridgehead atoms. The summed E-state index contributed by atoms with van der Waals surface area (Å²) in [6.07, 6.45) is 6.96. The van der Waals surface area contributed by atoms with Gasteiger partial charge in [0, 0.05) is 29.9 Å². The van der Waals surface area contributed by atoms with Crippen LogP contribution in [0.4, 0.5) is 4.39 Å². The van der Waals surface area contributed by atoms with E-state index in [1.807, 2.05) is 38.1 Å². The number of carbonyl (C=O) groups is 2. The zero-order valence-electron chi connectivity index (χ0n) is 19.9. The lowest BCUT2D eigenvalue weighted by atomic mass is 9.82. The van der Waals surface area contributed by atoms with Gasteiger partial charge < -0.3 is 4.74 Å². The maximum absolute atomic E-state index is 14.9. The fourth-order valence-corrected chi connectivity index (χ4v) is 5.50. The largest absolute Gasteiger partial charge is 0.489 e. The van der Waals surface area contributed by atoms with E-state index in [4.69, 9.17) is 4.74 Å². The van der Waals surface area contributed by atoms with Gasteiger partial charge in [-0.25, -0.2) is 4.39 Å². The number of hydrogen-bond donors (Lipinski definition) is 0. The van der Waals surface area contributed by atoms with Crippen LogP contribution in [0.1, 0.15) is 116 Å². The number of fused-ring (bicyclic) bond motifs is 1. The Kier molecular flexibility index (Phi) is 7.31. The maximum atomic E-state index is 14.9. The second kappa shape index (κ2) is 10.2. The van der Waals surface area contributed by atoms with E-state index in [1.165, 1.54) is 0 Å². The first-order valence-corrected chi connectivity index (χ1v) is 12.6. The van der Waals surface area contributed by atoms with Gasteiger partial charge in [-0.15, -0.1) is 0 Å². The number of Topliss-reactive ketones (excluding diaryl/α,β-unsaturated/α-hetero) is 2. The molecule has 0 radical (unpaired) electrons. The Labute approximate surface area is 196 Å². The molecule has 1 aliphatic heterocycles.